The number of amides is 1. The smallest absolute Gasteiger partial charge is 0.243 e. The van der Waals surface area contributed by atoms with Gasteiger partial charge >= 0.3 is 0 Å². The van der Waals surface area contributed by atoms with Gasteiger partial charge in [0.2, 0.25) is 5.91 Å². The van der Waals surface area contributed by atoms with E-state index in [4.69, 9.17) is 4.74 Å². The predicted molar refractivity (Wildman–Crippen MR) is 39.1 cm³/mol. The Bertz CT molecular complexity index is 202. The van der Waals surface area contributed by atoms with Crippen LogP contribution in [0.2, 0.25) is 0 Å². The number of hydrogen-bond acceptors (Lipinski definition) is 3. The molecule has 4 heteroatoms. The third kappa shape index (κ3) is 1.57. The molecule has 0 unspecified atom stereocenters. The van der Waals surface area contributed by atoms with Crippen LogP contribution in [0.25, 0.3) is 0 Å². The fourth-order valence-corrected chi connectivity index (χ4v) is 0.829. The molecule has 0 aromatic rings. The average Bonchev–Trinajstić information content (AvgIpc) is 2.64. The minimum Gasteiger partial charge on any atom is -0.369 e. The first kappa shape index (κ1) is 6.79. The number of hydrazone groups is 1. The summed E-state index contributed by atoms with van der Waals surface area (Å²) < 4.78 is 4.86. The van der Waals surface area contributed by atoms with Crippen LogP contribution < -0.4 is 5.43 Å². The lowest BCUT2D eigenvalue weighted by molar-refractivity contribution is -0.122. The van der Waals surface area contributed by atoms with Crippen molar-refractivity contribution < 1.29 is 9.53 Å². The third-order valence-electron chi connectivity index (χ3n) is 1.81. The van der Waals surface area contributed by atoms with Crippen molar-refractivity contribution in [2.75, 3.05) is 13.2 Å². The summed E-state index contributed by atoms with van der Waals surface area (Å²) in [5.41, 5.74) is 3.45. The van der Waals surface area contributed by atoms with E-state index in [0.29, 0.717) is 13.2 Å². The first-order valence-corrected chi connectivity index (χ1v) is 3.79. The molecule has 2 rings (SSSR count). The van der Waals surface area contributed by atoms with Gasteiger partial charge in [0.05, 0.1) is 18.9 Å². The lowest BCUT2D eigenvalue weighted by Gasteiger charge is -2.15. The van der Waals surface area contributed by atoms with Crippen LogP contribution in [-0.2, 0) is 9.53 Å². The molecule has 1 saturated heterocycles. The molecule has 2 aliphatic rings. The number of rotatable bonds is 2. The second kappa shape index (κ2) is 2.62. The van der Waals surface area contributed by atoms with Gasteiger partial charge in [0, 0.05) is 5.92 Å². The normalized spacial score (nSPS) is 22.4. The van der Waals surface area contributed by atoms with Gasteiger partial charge in [-0.15, -0.1) is 0 Å². The Morgan fingerprint density at radius 2 is 2.27 bits per heavy atom. The maximum Gasteiger partial charge on any atom is 0.243 e. The van der Waals surface area contributed by atoms with Crippen molar-refractivity contribution in [1.29, 1.82) is 0 Å². The Labute approximate surface area is 64.6 Å². The minimum atomic E-state index is 0.0596. The second-order valence-electron chi connectivity index (χ2n) is 2.92. The molecule has 0 radical (unpaired) electrons. The van der Waals surface area contributed by atoms with Gasteiger partial charge in [-0.1, -0.05) is 0 Å². The largest absolute Gasteiger partial charge is 0.369 e. The van der Waals surface area contributed by atoms with Gasteiger partial charge < -0.3 is 4.74 Å². The number of hydrogen-bond donors (Lipinski definition) is 1. The lowest BCUT2D eigenvalue weighted by atomic mass is 10.3. The van der Waals surface area contributed by atoms with Crippen molar-refractivity contribution in [3.63, 3.8) is 0 Å². The molecule has 4 nitrogen and oxygen atoms in total. The molecule has 1 aliphatic carbocycles. The number of carbonyl (C=O) groups excluding carboxylic acids is 1. The van der Waals surface area contributed by atoms with Crippen LogP contribution in [-0.4, -0.2) is 24.8 Å². The molecule has 0 atom stereocenters. The Morgan fingerprint density at radius 3 is 2.73 bits per heavy atom. The van der Waals surface area contributed by atoms with Crippen molar-refractivity contribution in [3.8, 4) is 0 Å². The van der Waals surface area contributed by atoms with Gasteiger partial charge in [-0.05, 0) is 12.8 Å². The number of nitrogens with zero attached hydrogens (tertiary/aromatic N) is 1. The first-order chi connectivity index (χ1) is 5.36. The molecule has 2 fully saturated rings. The highest BCUT2D eigenvalue weighted by molar-refractivity contribution is 5.92. The molecule has 1 heterocycles. The van der Waals surface area contributed by atoms with E-state index in [9.17, 15) is 4.79 Å². The molecule has 0 aromatic heterocycles. The highest BCUT2D eigenvalue weighted by Crippen LogP contribution is 2.28. The molecular formula is C7H10N2O2. The van der Waals surface area contributed by atoms with E-state index >= 15 is 0 Å². The monoisotopic (exact) mass is 154 g/mol. The van der Waals surface area contributed by atoms with Crippen molar-refractivity contribution in [2.45, 2.75) is 12.8 Å². The standard InChI is InChI=1S/C7H10N2O2/c10-7(5-1-2-5)9-8-6-3-11-4-6/h5H,1-4H2,(H,9,10). The SMILES string of the molecule is O=C(NN=C1COC1)C1CC1. The van der Waals surface area contributed by atoms with Crippen molar-refractivity contribution in [1.82, 2.24) is 5.43 Å². The third-order valence-corrected chi connectivity index (χ3v) is 1.81. The summed E-state index contributed by atoms with van der Waals surface area (Å²) in [6, 6.07) is 0. The summed E-state index contributed by atoms with van der Waals surface area (Å²) in [5, 5.41) is 3.88. The Morgan fingerprint density at radius 1 is 1.55 bits per heavy atom. The van der Waals surface area contributed by atoms with Gasteiger partial charge in [-0.3, -0.25) is 4.79 Å². The van der Waals surface area contributed by atoms with Crippen molar-refractivity contribution in [3.05, 3.63) is 0 Å². The van der Waals surface area contributed by atoms with E-state index in [-0.39, 0.29) is 11.8 Å². The molecule has 0 aromatic carbocycles. The van der Waals surface area contributed by atoms with Crippen LogP contribution in [0, 0.1) is 5.92 Å². The molecule has 1 amide bonds. The Balaban J connectivity index is 1.75. The summed E-state index contributed by atoms with van der Waals surface area (Å²) >= 11 is 0. The molecule has 0 bridgehead atoms. The number of carbonyl (C=O) groups is 1. The molecule has 1 N–H and O–H groups in total. The average molecular weight is 154 g/mol. The fourth-order valence-electron chi connectivity index (χ4n) is 0.829. The van der Waals surface area contributed by atoms with E-state index in [1.54, 1.807) is 0 Å². The van der Waals surface area contributed by atoms with Gasteiger partial charge in [0.25, 0.3) is 0 Å². The molecular weight excluding hydrogens is 144 g/mol. The van der Waals surface area contributed by atoms with Crippen molar-refractivity contribution in [2.24, 2.45) is 11.0 Å². The van der Waals surface area contributed by atoms with Gasteiger partial charge in [-0.25, -0.2) is 5.43 Å². The van der Waals surface area contributed by atoms with Crippen LogP contribution in [0.1, 0.15) is 12.8 Å². The van der Waals surface area contributed by atoms with Crippen LogP contribution >= 0.6 is 0 Å². The highest BCUT2D eigenvalue weighted by atomic mass is 16.5. The van der Waals surface area contributed by atoms with E-state index in [1.165, 1.54) is 0 Å². The summed E-state index contributed by atoms with van der Waals surface area (Å²) in [4.78, 5) is 11.0. The lowest BCUT2D eigenvalue weighted by Crippen LogP contribution is -2.32. The molecule has 1 aliphatic heterocycles. The molecule has 60 valence electrons. The van der Waals surface area contributed by atoms with Crippen LogP contribution in [0.4, 0.5) is 0 Å². The number of ether oxygens (including phenoxy) is 1. The topological polar surface area (TPSA) is 50.7 Å². The maximum absolute atomic E-state index is 11.0. The zero-order chi connectivity index (χ0) is 7.68. The summed E-state index contributed by atoms with van der Waals surface area (Å²) in [6.07, 6.45) is 2.04. The van der Waals surface area contributed by atoms with Gasteiger partial charge in [-0.2, -0.15) is 5.10 Å². The van der Waals surface area contributed by atoms with Crippen molar-refractivity contribution >= 4 is 11.6 Å². The van der Waals surface area contributed by atoms with E-state index in [2.05, 4.69) is 10.5 Å². The van der Waals surface area contributed by atoms with Gasteiger partial charge in [0.1, 0.15) is 0 Å². The van der Waals surface area contributed by atoms with E-state index in [0.717, 1.165) is 18.6 Å². The van der Waals surface area contributed by atoms with Gasteiger partial charge in [0.15, 0.2) is 0 Å². The zero-order valence-electron chi connectivity index (χ0n) is 6.17. The zero-order valence-corrected chi connectivity index (χ0v) is 6.17. The van der Waals surface area contributed by atoms with E-state index < -0.39 is 0 Å². The number of nitrogens with one attached hydrogen (secondary N) is 1. The summed E-state index contributed by atoms with van der Waals surface area (Å²) in [7, 11) is 0. The fraction of sp³-hybridized carbons (Fsp3) is 0.714. The minimum absolute atomic E-state index is 0.0596. The van der Waals surface area contributed by atoms with E-state index in [1.807, 2.05) is 0 Å². The predicted octanol–water partition coefficient (Wildman–Crippen LogP) is -0.101. The first-order valence-electron chi connectivity index (χ1n) is 3.79. The maximum atomic E-state index is 11.0. The molecule has 11 heavy (non-hydrogen) atoms. The highest BCUT2D eigenvalue weighted by Gasteiger charge is 2.29. The summed E-state index contributed by atoms with van der Waals surface area (Å²) in [5.74, 6) is 0.296. The molecule has 1 saturated carbocycles. The summed E-state index contributed by atoms with van der Waals surface area (Å²) in [6.45, 7) is 1.15. The Hall–Kier alpha value is -0.900. The Kier molecular flexibility index (Phi) is 1.62. The van der Waals surface area contributed by atoms with Crippen LogP contribution in [0.15, 0.2) is 5.10 Å². The second-order valence-corrected chi connectivity index (χ2v) is 2.92. The van der Waals surface area contributed by atoms with Crippen LogP contribution in [0.5, 0.6) is 0 Å². The quantitative estimate of drug-likeness (QED) is 0.564. The van der Waals surface area contributed by atoms with Crippen LogP contribution in [0.3, 0.4) is 0 Å². The molecule has 0 spiro atoms.